The van der Waals surface area contributed by atoms with E-state index < -0.39 is 21.9 Å². The summed E-state index contributed by atoms with van der Waals surface area (Å²) in [5.41, 5.74) is 2.20. The van der Waals surface area contributed by atoms with Crippen LogP contribution in [0.2, 0.25) is 0 Å². The van der Waals surface area contributed by atoms with Crippen molar-refractivity contribution < 1.29 is 21.9 Å². The second kappa shape index (κ2) is 5.46. The summed E-state index contributed by atoms with van der Waals surface area (Å²) in [7, 11) is -4.59. The molecule has 0 saturated carbocycles. The first kappa shape index (κ1) is 15.1. The molecule has 0 aromatic heterocycles. The zero-order chi connectivity index (χ0) is 15.9. The molecule has 1 unspecified atom stereocenters. The van der Waals surface area contributed by atoms with Gasteiger partial charge < -0.3 is 4.90 Å². The van der Waals surface area contributed by atoms with Gasteiger partial charge >= 0.3 is 10.2 Å². The van der Waals surface area contributed by atoms with Crippen LogP contribution in [-0.4, -0.2) is 32.4 Å². The van der Waals surface area contributed by atoms with E-state index in [9.17, 15) is 21.9 Å². The van der Waals surface area contributed by atoms with Crippen LogP contribution in [0.5, 0.6) is 0 Å². The van der Waals surface area contributed by atoms with Gasteiger partial charge in [0.25, 0.3) is 0 Å². The molecule has 0 bridgehead atoms. The molecule has 0 N–H and O–H groups in total. The van der Waals surface area contributed by atoms with Crippen LogP contribution >= 0.6 is 0 Å². The van der Waals surface area contributed by atoms with Gasteiger partial charge in [-0.25, -0.2) is 0 Å². The van der Waals surface area contributed by atoms with Crippen molar-refractivity contribution in [3.8, 4) is 0 Å². The van der Waals surface area contributed by atoms with Crippen molar-refractivity contribution in [2.75, 3.05) is 17.2 Å². The van der Waals surface area contributed by atoms with Gasteiger partial charge in [-0.1, -0.05) is 6.07 Å². The third kappa shape index (κ3) is 3.04. The number of halogens is 1. The molecule has 2 aliphatic rings. The zero-order valence-electron chi connectivity index (χ0n) is 11.9. The number of carbonyl (C=O) groups excluding carboxylic acids is 2. The minimum atomic E-state index is -4.59. The Kier molecular flexibility index (Phi) is 3.76. The highest BCUT2D eigenvalue weighted by molar-refractivity contribution is 7.86. The first-order valence-electron chi connectivity index (χ1n) is 7.22. The maximum Gasteiger partial charge on any atom is 0.302 e. The topological polar surface area (TPSA) is 71.5 Å². The second-order valence-electron chi connectivity index (χ2n) is 5.90. The molecule has 1 saturated heterocycles. The van der Waals surface area contributed by atoms with Crippen molar-refractivity contribution in [2.45, 2.75) is 25.7 Å². The highest BCUT2D eigenvalue weighted by Crippen LogP contribution is 2.30. The molecule has 7 heteroatoms. The minimum absolute atomic E-state index is 0.00812. The van der Waals surface area contributed by atoms with Crippen molar-refractivity contribution in [3.63, 3.8) is 0 Å². The number of amides is 1. The van der Waals surface area contributed by atoms with E-state index in [1.165, 1.54) is 4.90 Å². The van der Waals surface area contributed by atoms with Gasteiger partial charge in [-0.2, -0.15) is 8.42 Å². The summed E-state index contributed by atoms with van der Waals surface area (Å²) in [6, 6.07) is 5.30. The predicted octanol–water partition coefficient (Wildman–Crippen LogP) is 1.86. The molecule has 5 nitrogen and oxygen atoms in total. The van der Waals surface area contributed by atoms with Crippen LogP contribution < -0.4 is 4.90 Å². The van der Waals surface area contributed by atoms with E-state index >= 15 is 0 Å². The van der Waals surface area contributed by atoms with Gasteiger partial charge in [0.15, 0.2) is 5.78 Å². The Hall–Kier alpha value is -1.76. The summed E-state index contributed by atoms with van der Waals surface area (Å²) < 4.78 is 34.2. The summed E-state index contributed by atoms with van der Waals surface area (Å²) in [6.07, 6.45) is 2.20. The number of hydrogen-bond acceptors (Lipinski definition) is 4. The van der Waals surface area contributed by atoms with Crippen molar-refractivity contribution in [1.29, 1.82) is 0 Å². The number of aryl methyl sites for hydroxylation is 1. The molecule has 3 rings (SSSR count). The molecule has 22 heavy (non-hydrogen) atoms. The van der Waals surface area contributed by atoms with Gasteiger partial charge in [-0.15, -0.1) is 3.89 Å². The number of fused-ring (bicyclic) bond motifs is 1. The maximum absolute atomic E-state index is 12.8. The Morgan fingerprint density at radius 2 is 2.00 bits per heavy atom. The van der Waals surface area contributed by atoms with Crippen LogP contribution in [0.1, 0.15) is 35.2 Å². The van der Waals surface area contributed by atoms with E-state index in [-0.39, 0.29) is 24.7 Å². The number of rotatable bonds is 3. The largest absolute Gasteiger partial charge is 0.312 e. The smallest absolute Gasteiger partial charge is 0.302 e. The summed E-state index contributed by atoms with van der Waals surface area (Å²) in [4.78, 5) is 25.4. The molecule has 1 atom stereocenters. The van der Waals surface area contributed by atoms with Crippen molar-refractivity contribution >= 4 is 27.6 Å². The lowest BCUT2D eigenvalue weighted by Crippen LogP contribution is -2.26. The van der Waals surface area contributed by atoms with Gasteiger partial charge in [-0.3, -0.25) is 9.59 Å². The van der Waals surface area contributed by atoms with Gasteiger partial charge in [0.05, 0.1) is 5.75 Å². The summed E-state index contributed by atoms with van der Waals surface area (Å²) >= 11 is 0. The average molecular weight is 325 g/mol. The lowest BCUT2D eigenvalue weighted by molar-refractivity contribution is -0.117. The van der Waals surface area contributed by atoms with Crippen molar-refractivity contribution in [3.05, 3.63) is 29.3 Å². The standard InChI is InChI=1S/C15H16FNO4S/c16-22(20,21)9-10-6-15(19)17(8-10)12-5-4-11-2-1-3-14(18)13(11)7-12/h4-5,7,10H,1-3,6,8-9H2. The maximum atomic E-state index is 12.8. The molecule has 0 spiro atoms. The number of hydrogen-bond donors (Lipinski definition) is 0. The van der Waals surface area contributed by atoms with E-state index in [1.54, 1.807) is 12.1 Å². The fraction of sp³-hybridized carbons (Fsp3) is 0.467. The first-order valence-corrected chi connectivity index (χ1v) is 8.77. The number of nitrogens with zero attached hydrogens (tertiary/aromatic N) is 1. The van der Waals surface area contributed by atoms with E-state index in [4.69, 9.17) is 0 Å². The summed E-state index contributed by atoms with van der Waals surface area (Å²) in [5.74, 6) is -1.36. The van der Waals surface area contributed by atoms with Crippen molar-refractivity contribution in [1.82, 2.24) is 0 Å². The molecule has 1 amide bonds. The van der Waals surface area contributed by atoms with Crippen LogP contribution in [0, 0.1) is 5.92 Å². The van der Waals surface area contributed by atoms with E-state index in [0.29, 0.717) is 17.7 Å². The van der Waals surface area contributed by atoms with Gasteiger partial charge in [-0.05, 0) is 30.5 Å². The summed E-state index contributed by atoms with van der Waals surface area (Å²) in [5, 5.41) is 0. The molecule has 1 aliphatic carbocycles. The lowest BCUT2D eigenvalue weighted by atomic mass is 9.90. The number of carbonyl (C=O) groups is 2. The number of benzene rings is 1. The number of ketones is 1. The predicted molar refractivity (Wildman–Crippen MR) is 79.1 cm³/mol. The number of Topliss-reactive ketones (excluding diaryl/α,β-unsaturated/α-hetero) is 1. The molecule has 1 fully saturated rings. The molecule has 1 aromatic carbocycles. The number of anilines is 1. The molecule has 1 aromatic rings. The van der Waals surface area contributed by atoms with Crippen LogP contribution in [0.4, 0.5) is 9.57 Å². The van der Waals surface area contributed by atoms with E-state index in [0.717, 1.165) is 18.4 Å². The second-order valence-corrected chi connectivity index (χ2v) is 7.31. The fourth-order valence-corrected chi connectivity index (χ4v) is 3.99. The molecular weight excluding hydrogens is 309 g/mol. The summed E-state index contributed by atoms with van der Waals surface area (Å²) in [6.45, 7) is 0.162. The highest BCUT2D eigenvalue weighted by atomic mass is 32.3. The third-order valence-electron chi connectivity index (χ3n) is 4.20. The normalized spacial score (nSPS) is 22.0. The Bertz CT molecular complexity index is 744. The Labute approximate surface area is 128 Å². The average Bonchev–Trinajstić information content (AvgIpc) is 2.77. The Morgan fingerprint density at radius 1 is 1.23 bits per heavy atom. The fourth-order valence-electron chi connectivity index (χ4n) is 3.21. The zero-order valence-corrected chi connectivity index (χ0v) is 12.7. The minimum Gasteiger partial charge on any atom is -0.312 e. The van der Waals surface area contributed by atoms with Crippen LogP contribution in [0.3, 0.4) is 0 Å². The van der Waals surface area contributed by atoms with Crippen LogP contribution in [0.15, 0.2) is 18.2 Å². The third-order valence-corrected chi connectivity index (χ3v) is 5.06. The molecule has 118 valence electrons. The molecule has 1 heterocycles. The van der Waals surface area contributed by atoms with Gasteiger partial charge in [0.2, 0.25) is 5.91 Å². The first-order chi connectivity index (χ1) is 10.3. The monoisotopic (exact) mass is 325 g/mol. The molecular formula is C15H16FNO4S. The van der Waals surface area contributed by atoms with E-state index in [1.807, 2.05) is 6.07 Å². The Morgan fingerprint density at radius 3 is 2.73 bits per heavy atom. The van der Waals surface area contributed by atoms with Crippen LogP contribution in [-0.2, 0) is 21.4 Å². The SMILES string of the molecule is O=C1CCCc2ccc(N3CC(CS(=O)(=O)F)CC3=O)cc21. The highest BCUT2D eigenvalue weighted by Gasteiger charge is 2.34. The lowest BCUT2D eigenvalue weighted by Gasteiger charge is -2.21. The Balaban J connectivity index is 1.84. The van der Waals surface area contributed by atoms with Gasteiger partial charge in [0.1, 0.15) is 0 Å². The quantitative estimate of drug-likeness (QED) is 0.795. The van der Waals surface area contributed by atoms with Crippen molar-refractivity contribution in [2.24, 2.45) is 5.92 Å². The molecule has 1 aliphatic heterocycles. The molecule has 0 radical (unpaired) electrons. The van der Waals surface area contributed by atoms with Gasteiger partial charge in [0, 0.05) is 36.6 Å². The van der Waals surface area contributed by atoms with E-state index in [2.05, 4.69) is 0 Å². The van der Waals surface area contributed by atoms with Crippen LogP contribution in [0.25, 0.3) is 0 Å².